The molecule has 3 aromatic carbocycles. The number of aliphatic hydroxyl groups excluding tert-OH is 3. The molecule has 0 saturated heterocycles. The van der Waals surface area contributed by atoms with Crippen LogP contribution in [-0.2, 0) is 19.6 Å². The van der Waals surface area contributed by atoms with Gasteiger partial charge >= 0.3 is 17.1 Å². The molecule has 3 atom stereocenters. The highest BCUT2D eigenvalue weighted by Gasteiger charge is 2.22. The van der Waals surface area contributed by atoms with Crippen LogP contribution in [0.5, 0.6) is 17.2 Å². The highest BCUT2D eigenvalue weighted by atomic mass is 16.5. The minimum Gasteiger partial charge on any atom is -0.491 e. The van der Waals surface area contributed by atoms with Gasteiger partial charge in [-0.1, -0.05) is 36.4 Å². The number of aromatic nitrogens is 3. The lowest BCUT2D eigenvalue weighted by atomic mass is 10.1. The molecule has 0 spiro atoms. The zero-order valence-corrected chi connectivity index (χ0v) is 31.5. The third-order valence-corrected chi connectivity index (χ3v) is 8.19. The Balaban J connectivity index is 1.54. The molecule has 300 valence electrons. The molecule has 3 unspecified atom stereocenters. The Labute approximate surface area is 341 Å². The van der Waals surface area contributed by atoms with Gasteiger partial charge in [0.25, 0.3) is 0 Å². The maximum Gasteiger partial charge on any atom is 0.336 e. The van der Waals surface area contributed by atoms with E-state index in [4.69, 9.17) is 45.8 Å². The average Bonchev–Trinajstić information content (AvgIpc) is 3.27. The van der Waals surface area contributed by atoms with Crippen LogP contribution in [0.3, 0.4) is 0 Å². The Morgan fingerprint density at radius 3 is 0.867 bits per heavy atom. The summed E-state index contributed by atoms with van der Waals surface area (Å²) < 4.78 is 18.5. The van der Waals surface area contributed by atoms with E-state index in [-0.39, 0.29) is 34.0 Å². The van der Waals surface area contributed by atoms with Crippen molar-refractivity contribution in [1.82, 2.24) is 13.7 Å². The van der Waals surface area contributed by atoms with Crippen molar-refractivity contribution in [3.63, 3.8) is 0 Å². The van der Waals surface area contributed by atoms with Gasteiger partial charge in [0.1, 0.15) is 109 Å². The molecular formula is C42H33N9O9. The molecule has 0 aliphatic carbocycles. The van der Waals surface area contributed by atoms with Crippen molar-refractivity contribution < 1.29 is 29.5 Å². The molecule has 60 heavy (non-hydrogen) atoms. The minimum absolute atomic E-state index is 0.113. The summed E-state index contributed by atoms with van der Waals surface area (Å²) >= 11 is 0. The van der Waals surface area contributed by atoms with Gasteiger partial charge in [-0.15, -0.1) is 0 Å². The second kappa shape index (κ2) is 21.7. The molecule has 18 nitrogen and oxygen atoms in total. The van der Waals surface area contributed by atoms with Crippen LogP contribution >= 0.6 is 0 Å². The van der Waals surface area contributed by atoms with Gasteiger partial charge in [-0.3, -0.25) is 0 Å². The maximum atomic E-state index is 13.6. The number of hydrogen-bond donors (Lipinski definition) is 3. The average molecular weight is 808 g/mol. The zero-order chi connectivity index (χ0) is 43.6. The van der Waals surface area contributed by atoms with Crippen molar-refractivity contribution >= 4 is 18.2 Å². The van der Waals surface area contributed by atoms with Gasteiger partial charge in [-0.2, -0.15) is 31.6 Å². The summed E-state index contributed by atoms with van der Waals surface area (Å²) in [6.07, 6.45) is -0.403. The zero-order valence-electron chi connectivity index (χ0n) is 31.5. The summed E-state index contributed by atoms with van der Waals surface area (Å²) in [5.41, 5.74) is -2.28. The number of ether oxygens (including phenoxy) is 3. The molecule has 18 heteroatoms. The maximum absolute atomic E-state index is 13.6. The smallest absolute Gasteiger partial charge is 0.336 e. The summed E-state index contributed by atoms with van der Waals surface area (Å²) in [5.74, 6) is 0.800. The fourth-order valence-electron chi connectivity index (χ4n) is 5.27. The number of nitriles is 6. The number of benzene rings is 3. The third kappa shape index (κ3) is 12.5. The van der Waals surface area contributed by atoms with E-state index in [9.17, 15) is 29.7 Å². The van der Waals surface area contributed by atoms with Gasteiger partial charge in [0.15, 0.2) is 0 Å². The predicted molar refractivity (Wildman–Crippen MR) is 211 cm³/mol. The molecular weight excluding hydrogens is 775 g/mol. The van der Waals surface area contributed by atoms with Crippen LogP contribution in [0.1, 0.15) is 16.7 Å². The third-order valence-electron chi connectivity index (χ3n) is 8.19. The van der Waals surface area contributed by atoms with Crippen molar-refractivity contribution in [3.05, 3.63) is 138 Å². The molecule has 0 fully saturated rings. The molecule has 1 aromatic heterocycles. The van der Waals surface area contributed by atoms with E-state index in [2.05, 4.69) is 0 Å². The summed E-state index contributed by atoms with van der Waals surface area (Å²) in [7, 11) is 0. The van der Waals surface area contributed by atoms with Gasteiger partial charge in [0.2, 0.25) is 0 Å². The summed E-state index contributed by atoms with van der Waals surface area (Å²) in [6.45, 7) is -3.31. The number of allylic oxidation sites excluding steroid dienone is 3. The molecule has 0 bridgehead atoms. The first-order valence-corrected chi connectivity index (χ1v) is 17.6. The van der Waals surface area contributed by atoms with Crippen LogP contribution in [0.2, 0.25) is 0 Å². The first kappa shape index (κ1) is 44.2. The Kier molecular flexibility index (Phi) is 16.0. The van der Waals surface area contributed by atoms with Gasteiger partial charge in [0.05, 0.1) is 19.6 Å². The standard InChI is InChI=1S/C42H33N9O9/c43-16-31(17-44)13-28-1-7-37(8-2-28)58-25-34(52)22-49-40(55)50(23-35(53)26-59-38-9-3-29(4-10-38)14-32(18-45)19-46)42(57)51(41(49)56)24-36(54)27-60-39-11-5-30(6-12-39)15-33(20-47)21-48/h1-15,34-36,52-54H,22-27H2. The highest BCUT2D eigenvalue weighted by molar-refractivity contribution is 5.64. The quantitative estimate of drug-likeness (QED) is 0.121. The van der Waals surface area contributed by atoms with E-state index in [0.29, 0.717) is 30.4 Å². The van der Waals surface area contributed by atoms with Crippen LogP contribution in [0, 0.1) is 68.0 Å². The predicted octanol–water partition coefficient (Wildman–Crippen LogP) is 1.78. The van der Waals surface area contributed by atoms with E-state index in [1.54, 1.807) is 72.8 Å². The Bertz CT molecular complexity index is 2330. The van der Waals surface area contributed by atoms with Crippen molar-refractivity contribution in [2.24, 2.45) is 0 Å². The summed E-state index contributed by atoms with van der Waals surface area (Å²) in [4.78, 5) is 40.9. The van der Waals surface area contributed by atoms with Gasteiger partial charge in [-0.05, 0) is 71.3 Å². The number of rotatable bonds is 18. The molecule has 4 aromatic rings. The SMILES string of the molecule is N#CC(C#N)=Cc1ccc(OCC(O)Cn2c(=O)n(CC(O)COc3ccc(C=C(C#N)C#N)cc3)c(=O)n(CC(O)COc3ccc(C=C(C#N)C#N)cc3)c2=O)cc1. The molecule has 0 aliphatic rings. The molecule has 0 radical (unpaired) electrons. The fourth-order valence-corrected chi connectivity index (χ4v) is 5.27. The molecule has 0 amide bonds. The monoisotopic (exact) mass is 807 g/mol. The minimum atomic E-state index is -1.50. The lowest BCUT2D eigenvalue weighted by Crippen LogP contribution is -2.57. The largest absolute Gasteiger partial charge is 0.491 e. The molecule has 0 saturated carbocycles. The fraction of sp³-hybridized carbons (Fsp3) is 0.214. The van der Waals surface area contributed by atoms with E-state index < -0.39 is 74.8 Å². The van der Waals surface area contributed by atoms with Crippen LogP contribution in [-0.4, -0.2) is 67.2 Å². The number of aliphatic hydroxyl groups is 3. The van der Waals surface area contributed by atoms with Crippen LogP contribution in [0.25, 0.3) is 18.2 Å². The van der Waals surface area contributed by atoms with Gasteiger partial charge < -0.3 is 29.5 Å². The lowest BCUT2D eigenvalue weighted by Gasteiger charge is -2.20. The van der Waals surface area contributed by atoms with Crippen molar-refractivity contribution in [1.29, 1.82) is 31.6 Å². The van der Waals surface area contributed by atoms with E-state index >= 15 is 0 Å². The lowest BCUT2D eigenvalue weighted by molar-refractivity contribution is 0.0749. The van der Waals surface area contributed by atoms with Gasteiger partial charge in [0, 0.05) is 0 Å². The number of hydrogen-bond acceptors (Lipinski definition) is 15. The van der Waals surface area contributed by atoms with E-state index in [0.717, 1.165) is 0 Å². The second-order valence-corrected chi connectivity index (χ2v) is 12.6. The Morgan fingerprint density at radius 1 is 0.450 bits per heavy atom. The van der Waals surface area contributed by atoms with Crippen molar-refractivity contribution in [2.45, 2.75) is 37.9 Å². The van der Waals surface area contributed by atoms with Crippen LogP contribution in [0.4, 0.5) is 0 Å². The van der Waals surface area contributed by atoms with Crippen molar-refractivity contribution in [3.8, 4) is 53.7 Å². The van der Waals surface area contributed by atoms with E-state index in [1.807, 2.05) is 0 Å². The highest BCUT2D eigenvalue weighted by Crippen LogP contribution is 2.17. The Morgan fingerprint density at radius 2 is 0.667 bits per heavy atom. The first-order valence-electron chi connectivity index (χ1n) is 17.6. The Hall–Kier alpha value is -8.49. The summed E-state index contributed by atoms with van der Waals surface area (Å²) in [5, 5.41) is 86.4. The molecule has 1 heterocycles. The first-order chi connectivity index (χ1) is 28.9. The molecule has 0 aliphatic heterocycles. The van der Waals surface area contributed by atoms with E-state index in [1.165, 1.54) is 54.6 Å². The second-order valence-electron chi connectivity index (χ2n) is 12.6. The van der Waals surface area contributed by atoms with Crippen LogP contribution < -0.4 is 31.3 Å². The molecule has 4 rings (SSSR count). The summed E-state index contributed by atoms with van der Waals surface area (Å²) in [6, 6.07) is 28.9. The molecule has 3 N–H and O–H groups in total. The topological polar surface area (TPSA) is 297 Å². The normalized spacial score (nSPS) is 11.6. The van der Waals surface area contributed by atoms with Crippen LogP contribution in [0.15, 0.2) is 104 Å². The number of nitrogens with zero attached hydrogens (tertiary/aromatic N) is 9. The van der Waals surface area contributed by atoms with Gasteiger partial charge in [-0.25, -0.2) is 28.1 Å². The van der Waals surface area contributed by atoms with Crippen molar-refractivity contribution in [2.75, 3.05) is 19.8 Å².